The van der Waals surface area contributed by atoms with Gasteiger partial charge in [0.25, 0.3) is 0 Å². The van der Waals surface area contributed by atoms with Gasteiger partial charge in [0.05, 0.1) is 21.4 Å². The predicted octanol–water partition coefficient (Wildman–Crippen LogP) is 6.18. The smallest absolute Gasteiger partial charge is 0.342 e. The van der Waals surface area contributed by atoms with Gasteiger partial charge in [0, 0.05) is 29.6 Å². The van der Waals surface area contributed by atoms with Crippen molar-refractivity contribution >= 4 is 40.8 Å². The Balaban J connectivity index is 1.60. The Labute approximate surface area is 208 Å². The number of amides is 2. The molecule has 1 fully saturated rings. The summed E-state index contributed by atoms with van der Waals surface area (Å²) in [7, 11) is 0. The summed E-state index contributed by atoms with van der Waals surface area (Å²) in [5.74, 6) is -0.0635. The normalized spacial score (nSPS) is 13.6. The van der Waals surface area contributed by atoms with Crippen LogP contribution < -0.4 is 10.6 Å². The van der Waals surface area contributed by atoms with Crippen molar-refractivity contribution in [1.29, 1.82) is 0 Å². The van der Waals surface area contributed by atoms with Crippen molar-refractivity contribution in [3.63, 3.8) is 0 Å². The zero-order chi connectivity index (χ0) is 24.4. The van der Waals surface area contributed by atoms with Crippen LogP contribution in [0.15, 0.2) is 42.5 Å². The van der Waals surface area contributed by atoms with Crippen LogP contribution >= 0.6 is 23.2 Å². The number of nitrogens with one attached hydrogen (secondary N) is 2. The van der Waals surface area contributed by atoms with E-state index < -0.39 is 0 Å². The van der Waals surface area contributed by atoms with Crippen molar-refractivity contribution < 1.29 is 14.7 Å². The Bertz CT molecular complexity index is 1230. The first-order valence-corrected chi connectivity index (χ1v) is 11.9. The number of aromatic hydroxyl groups is 1. The zero-order valence-electron chi connectivity index (χ0n) is 18.9. The predicted molar refractivity (Wildman–Crippen MR) is 133 cm³/mol. The van der Waals surface area contributed by atoms with Gasteiger partial charge >= 0.3 is 6.03 Å². The molecule has 34 heavy (non-hydrogen) atoms. The number of halogens is 2. The van der Waals surface area contributed by atoms with Gasteiger partial charge in [-0.3, -0.25) is 4.79 Å². The number of carbonyl (C=O) groups is 2. The molecule has 2 aromatic carbocycles. The monoisotopic (exact) mass is 500 g/mol. The Hall–Kier alpha value is -3.03. The number of aromatic nitrogens is 2. The molecule has 0 bridgehead atoms. The van der Waals surface area contributed by atoms with Crippen LogP contribution in [-0.4, -0.2) is 26.8 Å². The molecule has 1 aliphatic rings. The largest absolute Gasteiger partial charge is 0.507 e. The molecule has 3 N–H and O–H groups in total. The fourth-order valence-corrected chi connectivity index (χ4v) is 4.01. The van der Waals surface area contributed by atoms with Crippen LogP contribution in [0.4, 0.5) is 10.5 Å². The summed E-state index contributed by atoms with van der Waals surface area (Å²) in [5, 5.41) is 21.6. The Morgan fingerprint density at radius 3 is 2.53 bits per heavy atom. The molecule has 0 aliphatic heterocycles. The van der Waals surface area contributed by atoms with Crippen LogP contribution in [0, 0.1) is 5.92 Å². The van der Waals surface area contributed by atoms with Gasteiger partial charge in [-0.15, -0.1) is 0 Å². The van der Waals surface area contributed by atoms with E-state index >= 15 is 0 Å². The summed E-state index contributed by atoms with van der Waals surface area (Å²) in [5.41, 5.74) is 3.06. The first kappa shape index (κ1) is 24.1. The summed E-state index contributed by atoms with van der Waals surface area (Å²) in [6.45, 7) is 3.87. The minimum Gasteiger partial charge on any atom is -0.507 e. The summed E-state index contributed by atoms with van der Waals surface area (Å²) < 4.78 is 1.37. The van der Waals surface area contributed by atoms with E-state index in [0.717, 1.165) is 30.5 Å². The number of hydrogen-bond acceptors (Lipinski definition) is 4. The second-order valence-corrected chi connectivity index (χ2v) is 9.59. The lowest BCUT2D eigenvalue weighted by Gasteiger charge is -2.25. The second kappa shape index (κ2) is 10.1. The minimum absolute atomic E-state index is 0.0172. The summed E-state index contributed by atoms with van der Waals surface area (Å²) in [4.78, 5) is 25.2. The van der Waals surface area contributed by atoms with Crippen molar-refractivity contribution in [3.8, 4) is 17.0 Å². The SMILES string of the molecule is CC(C)C(=O)Nc1ccc(O)c(-c2cc(C3CCC3)n(C(=O)NCc3ccc(Cl)c(Cl)c3)n2)c1. The minimum atomic E-state index is -0.372. The van der Waals surface area contributed by atoms with E-state index in [-0.39, 0.29) is 36.1 Å². The van der Waals surface area contributed by atoms with E-state index in [4.69, 9.17) is 23.2 Å². The molecule has 1 saturated carbocycles. The van der Waals surface area contributed by atoms with Crippen LogP contribution in [-0.2, 0) is 11.3 Å². The van der Waals surface area contributed by atoms with Gasteiger partial charge in [-0.25, -0.2) is 4.79 Å². The number of nitrogens with zero attached hydrogens (tertiary/aromatic N) is 2. The third kappa shape index (κ3) is 5.21. The fraction of sp³-hybridized carbons (Fsp3) is 0.320. The summed E-state index contributed by atoms with van der Waals surface area (Å²) in [6.07, 6.45) is 3.04. The van der Waals surface area contributed by atoms with Crippen LogP contribution in [0.25, 0.3) is 11.3 Å². The van der Waals surface area contributed by atoms with Crippen LogP contribution in [0.1, 0.15) is 50.3 Å². The number of anilines is 1. The Morgan fingerprint density at radius 2 is 1.88 bits per heavy atom. The first-order chi connectivity index (χ1) is 16.2. The number of hydrogen-bond donors (Lipinski definition) is 3. The van der Waals surface area contributed by atoms with E-state index in [1.54, 1.807) is 44.2 Å². The molecule has 0 radical (unpaired) electrons. The molecule has 0 unspecified atom stereocenters. The number of carbonyl (C=O) groups excluding carboxylic acids is 2. The van der Waals surface area contributed by atoms with E-state index in [9.17, 15) is 14.7 Å². The lowest BCUT2D eigenvalue weighted by molar-refractivity contribution is -0.118. The topological polar surface area (TPSA) is 96.2 Å². The molecule has 1 heterocycles. The maximum absolute atomic E-state index is 13.1. The van der Waals surface area contributed by atoms with E-state index in [0.29, 0.717) is 27.0 Å². The molecule has 9 heteroatoms. The molecule has 0 saturated heterocycles. The van der Waals surface area contributed by atoms with Crippen LogP contribution in [0.2, 0.25) is 10.0 Å². The molecule has 0 atom stereocenters. The average Bonchev–Trinajstić information content (AvgIpc) is 3.18. The highest BCUT2D eigenvalue weighted by Crippen LogP contribution is 2.39. The Kier molecular flexibility index (Phi) is 7.14. The number of benzene rings is 2. The van der Waals surface area contributed by atoms with Gasteiger partial charge in [-0.1, -0.05) is 49.5 Å². The van der Waals surface area contributed by atoms with Crippen LogP contribution in [0.5, 0.6) is 5.75 Å². The molecule has 7 nitrogen and oxygen atoms in total. The Morgan fingerprint density at radius 1 is 1.12 bits per heavy atom. The van der Waals surface area contributed by atoms with Gasteiger partial charge < -0.3 is 15.7 Å². The van der Waals surface area contributed by atoms with Crippen molar-refractivity contribution in [1.82, 2.24) is 15.1 Å². The molecule has 1 aromatic heterocycles. The highest BCUT2D eigenvalue weighted by Gasteiger charge is 2.27. The lowest BCUT2D eigenvalue weighted by atomic mass is 9.82. The standard InChI is InChI=1S/C25H26Cl2N4O3/c1-14(2)24(33)29-17-7-9-23(32)18(11-17)21-12-22(16-4-3-5-16)31(30-21)25(34)28-13-15-6-8-19(26)20(27)10-15/h6-12,14,16,32H,3-5,13H2,1-2H3,(H,28,34)(H,29,33). The first-order valence-electron chi connectivity index (χ1n) is 11.2. The van der Waals surface area contributed by atoms with Crippen LogP contribution in [0.3, 0.4) is 0 Å². The van der Waals surface area contributed by atoms with E-state index in [1.165, 1.54) is 10.7 Å². The van der Waals surface area contributed by atoms with Gasteiger partial charge in [0.15, 0.2) is 0 Å². The average molecular weight is 501 g/mol. The van der Waals surface area contributed by atoms with Crippen molar-refractivity contribution in [3.05, 3.63) is 63.8 Å². The van der Waals surface area contributed by atoms with E-state index in [2.05, 4.69) is 15.7 Å². The summed E-state index contributed by atoms with van der Waals surface area (Å²) >= 11 is 12.0. The molecule has 4 rings (SSSR count). The van der Waals surface area contributed by atoms with Crippen molar-refractivity contribution in [2.75, 3.05) is 5.32 Å². The van der Waals surface area contributed by atoms with Gasteiger partial charge in [0.1, 0.15) is 5.75 Å². The maximum atomic E-state index is 13.1. The molecule has 2 amide bonds. The number of phenols is 1. The van der Waals surface area contributed by atoms with Crippen molar-refractivity contribution in [2.24, 2.45) is 5.92 Å². The van der Waals surface area contributed by atoms with Gasteiger partial charge in [-0.05, 0) is 54.8 Å². The van der Waals surface area contributed by atoms with Gasteiger partial charge in [-0.2, -0.15) is 9.78 Å². The quantitative estimate of drug-likeness (QED) is 0.352. The summed E-state index contributed by atoms with van der Waals surface area (Å²) in [6, 6.07) is 11.5. The van der Waals surface area contributed by atoms with Crippen molar-refractivity contribution in [2.45, 2.75) is 45.6 Å². The fourth-order valence-electron chi connectivity index (χ4n) is 3.69. The molecular weight excluding hydrogens is 475 g/mol. The molecule has 0 spiro atoms. The number of phenolic OH excluding ortho intramolecular Hbond substituents is 1. The number of rotatable bonds is 6. The third-order valence-electron chi connectivity index (χ3n) is 5.94. The highest BCUT2D eigenvalue weighted by molar-refractivity contribution is 6.42. The second-order valence-electron chi connectivity index (χ2n) is 8.78. The zero-order valence-corrected chi connectivity index (χ0v) is 20.5. The lowest BCUT2D eigenvalue weighted by Crippen LogP contribution is -2.31. The molecule has 1 aliphatic carbocycles. The highest BCUT2D eigenvalue weighted by atomic mass is 35.5. The molecular formula is C25H26Cl2N4O3. The third-order valence-corrected chi connectivity index (χ3v) is 6.68. The maximum Gasteiger partial charge on any atom is 0.342 e. The van der Waals surface area contributed by atoms with E-state index in [1.807, 2.05) is 6.07 Å². The molecule has 3 aromatic rings. The van der Waals surface area contributed by atoms with Gasteiger partial charge in [0.2, 0.25) is 5.91 Å². The molecule has 178 valence electrons.